The molecule has 4 N–H and O–H groups in total. The zero-order chi connectivity index (χ0) is 14.7. The minimum absolute atomic E-state index is 0.373. The third kappa shape index (κ3) is 2.76. The molecule has 0 aliphatic carbocycles. The van der Waals surface area contributed by atoms with Crippen LogP contribution in [0.4, 0.5) is 10.5 Å². The SMILES string of the molecule is NC(=O)NC1=CNc2ccccc2C(c2ccccc2)=N1. The number of nitrogens with two attached hydrogens (primary N) is 1. The highest BCUT2D eigenvalue weighted by molar-refractivity contribution is 6.16. The van der Waals surface area contributed by atoms with Gasteiger partial charge in [-0.15, -0.1) is 0 Å². The van der Waals surface area contributed by atoms with Gasteiger partial charge in [0.25, 0.3) is 0 Å². The molecular weight excluding hydrogens is 264 g/mol. The molecule has 0 aromatic heterocycles. The van der Waals surface area contributed by atoms with Crippen LogP contribution in [0.25, 0.3) is 0 Å². The highest BCUT2D eigenvalue weighted by atomic mass is 16.2. The Kier molecular flexibility index (Phi) is 3.39. The predicted molar refractivity (Wildman–Crippen MR) is 82.9 cm³/mol. The average molecular weight is 278 g/mol. The number of carbonyl (C=O) groups excluding carboxylic acids is 1. The molecule has 1 aliphatic rings. The summed E-state index contributed by atoms with van der Waals surface area (Å²) >= 11 is 0. The number of carbonyl (C=O) groups is 1. The van der Waals surface area contributed by atoms with E-state index in [0.717, 1.165) is 22.5 Å². The van der Waals surface area contributed by atoms with Crippen LogP contribution >= 0.6 is 0 Å². The summed E-state index contributed by atoms with van der Waals surface area (Å²) in [6.07, 6.45) is 1.62. The van der Waals surface area contributed by atoms with Crippen molar-refractivity contribution in [3.05, 3.63) is 77.7 Å². The van der Waals surface area contributed by atoms with Gasteiger partial charge in [-0.05, 0) is 6.07 Å². The average Bonchev–Trinajstić information content (AvgIpc) is 2.68. The molecule has 3 rings (SSSR count). The molecule has 0 unspecified atom stereocenters. The largest absolute Gasteiger partial charge is 0.358 e. The molecule has 0 radical (unpaired) electrons. The molecule has 0 saturated carbocycles. The number of hydrogen-bond donors (Lipinski definition) is 3. The van der Waals surface area contributed by atoms with Crippen molar-refractivity contribution >= 4 is 17.4 Å². The molecule has 21 heavy (non-hydrogen) atoms. The van der Waals surface area contributed by atoms with E-state index >= 15 is 0 Å². The number of amides is 2. The van der Waals surface area contributed by atoms with Crippen LogP contribution in [0, 0.1) is 0 Å². The van der Waals surface area contributed by atoms with Crippen LogP contribution in [-0.2, 0) is 0 Å². The molecule has 0 bridgehead atoms. The van der Waals surface area contributed by atoms with E-state index in [1.807, 2.05) is 54.6 Å². The van der Waals surface area contributed by atoms with E-state index in [9.17, 15) is 4.79 Å². The fraction of sp³-hybridized carbons (Fsp3) is 0. The Hall–Kier alpha value is -3.08. The summed E-state index contributed by atoms with van der Waals surface area (Å²) < 4.78 is 0. The van der Waals surface area contributed by atoms with Crippen molar-refractivity contribution in [1.82, 2.24) is 5.32 Å². The van der Waals surface area contributed by atoms with Crippen molar-refractivity contribution in [3.8, 4) is 0 Å². The van der Waals surface area contributed by atoms with Gasteiger partial charge in [-0.3, -0.25) is 5.32 Å². The Labute approximate surface area is 122 Å². The fourth-order valence-electron chi connectivity index (χ4n) is 2.18. The van der Waals surface area contributed by atoms with Gasteiger partial charge in [-0.2, -0.15) is 0 Å². The standard InChI is InChI=1S/C16H14N4O/c17-16(21)20-14-10-18-13-9-5-4-8-12(13)15(19-14)11-6-2-1-3-7-11/h1-10,18H,(H3,17,20,21). The topological polar surface area (TPSA) is 79.5 Å². The second-order valence-electron chi connectivity index (χ2n) is 4.54. The first kappa shape index (κ1) is 12.9. The van der Waals surface area contributed by atoms with Crippen LogP contribution in [0.1, 0.15) is 11.1 Å². The second-order valence-corrected chi connectivity index (χ2v) is 4.54. The van der Waals surface area contributed by atoms with Crippen LogP contribution in [0.3, 0.4) is 0 Å². The smallest absolute Gasteiger partial charge is 0.317 e. The maximum absolute atomic E-state index is 11.1. The summed E-state index contributed by atoms with van der Waals surface area (Å²) in [4.78, 5) is 15.6. The van der Waals surface area contributed by atoms with Gasteiger partial charge in [0.15, 0.2) is 5.82 Å². The number of rotatable bonds is 2. The van der Waals surface area contributed by atoms with Crippen molar-refractivity contribution in [2.75, 3.05) is 5.32 Å². The van der Waals surface area contributed by atoms with Crippen LogP contribution in [0.5, 0.6) is 0 Å². The second kappa shape index (κ2) is 5.50. The van der Waals surface area contributed by atoms with Gasteiger partial charge in [-0.1, -0.05) is 48.5 Å². The Morgan fingerprint density at radius 3 is 2.52 bits per heavy atom. The van der Waals surface area contributed by atoms with E-state index in [-0.39, 0.29) is 0 Å². The first-order valence-electron chi connectivity index (χ1n) is 6.51. The van der Waals surface area contributed by atoms with Crippen LogP contribution in [0.15, 0.2) is 71.6 Å². The van der Waals surface area contributed by atoms with E-state index in [2.05, 4.69) is 15.6 Å². The normalized spacial score (nSPS) is 13.1. The zero-order valence-electron chi connectivity index (χ0n) is 11.2. The van der Waals surface area contributed by atoms with Crippen molar-refractivity contribution in [2.45, 2.75) is 0 Å². The van der Waals surface area contributed by atoms with E-state index in [4.69, 9.17) is 5.73 Å². The van der Waals surface area contributed by atoms with Gasteiger partial charge >= 0.3 is 6.03 Å². The van der Waals surface area contributed by atoms with E-state index in [1.54, 1.807) is 6.20 Å². The third-order valence-electron chi connectivity index (χ3n) is 3.08. The molecule has 0 spiro atoms. The lowest BCUT2D eigenvalue weighted by Crippen LogP contribution is -2.28. The first-order valence-corrected chi connectivity index (χ1v) is 6.51. The summed E-state index contributed by atoms with van der Waals surface area (Å²) in [5.41, 5.74) is 8.79. The number of benzene rings is 2. The molecule has 104 valence electrons. The van der Waals surface area contributed by atoms with Crippen molar-refractivity contribution in [3.63, 3.8) is 0 Å². The Bertz CT molecular complexity index is 735. The molecule has 5 heteroatoms. The molecule has 2 aromatic carbocycles. The number of anilines is 1. The summed E-state index contributed by atoms with van der Waals surface area (Å²) in [5, 5.41) is 5.64. The number of primary amides is 1. The molecular formula is C16H14N4O. The molecule has 0 atom stereocenters. The number of nitrogens with zero attached hydrogens (tertiary/aromatic N) is 1. The highest BCUT2D eigenvalue weighted by Gasteiger charge is 2.15. The van der Waals surface area contributed by atoms with Crippen LogP contribution < -0.4 is 16.4 Å². The predicted octanol–water partition coefficient (Wildman–Crippen LogP) is 2.42. The lowest BCUT2D eigenvalue weighted by atomic mass is 10.0. The molecule has 2 aromatic rings. The quantitative estimate of drug-likeness (QED) is 0.788. The van der Waals surface area contributed by atoms with Crippen molar-refractivity contribution in [1.29, 1.82) is 0 Å². The Balaban J connectivity index is 2.13. The van der Waals surface area contributed by atoms with Crippen LogP contribution in [0.2, 0.25) is 0 Å². The maximum Gasteiger partial charge on any atom is 0.317 e. The van der Waals surface area contributed by atoms with E-state index in [0.29, 0.717) is 5.82 Å². The number of nitrogens with one attached hydrogen (secondary N) is 2. The summed E-state index contributed by atoms with van der Waals surface area (Å²) in [7, 11) is 0. The number of para-hydroxylation sites is 1. The van der Waals surface area contributed by atoms with Gasteiger partial charge in [0, 0.05) is 23.0 Å². The Morgan fingerprint density at radius 1 is 1.05 bits per heavy atom. The summed E-state index contributed by atoms with van der Waals surface area (Å²) in [6, 6.07) is 17.0. The number of urea groups is 1. The highest BCUT2D eigenvalue weighted by Crippen LogP contribution is 2.23. The van der Waals surface area contributed by atoms with Gasteiger partial charge in [0.05, 0.1) is 5.71 Å². The Morgan fingerprint density at radius 2 is 1.76 bits per heavy atom. The minimum atomic E-state index is -0.648. The van der Waals surface area contributed by atoms with Crippen molar-refractivity contribution in [2.24, 2.45) is 10.7 Å². The molecule has 1 heterocycles. The van der Waals surface area contributed by atoms with Gasteiger partial charge < -0.3 is 11.1 Å². The minimum Gasteiger partial charge on any atom is -0.358 e. The lowest BCUT2D eigenvalue weighted by molar-refractivity contribution is 0.251. The first-order chi connectivity index (χ1) is 10.2. The molecule has 0 saturated heterocycles. The van der Waals surface area contributed by atoms with E-state index in [1.165, 1.54) is 0 Å². The molecule has 1 aliphatic heterocycles. The monoisotopic (exact) mass is 278 g/mol. The molecule has 0 fully saturated rings. The maximum atomic E-state index is 11.1. The van der Waals surface area contributed by atoms with Crippen molar-refractivity contribution < 1.29 is 4.79 Å². The number of fused-ring (bicyclic) bond motifs is 1. The summed E-state index contributed by atoms with van der Waals surface area (Å²) in [6.45, 7) is 0. The van der Waals surface area contributed by atoms with E-state index < -0.39 is 6.03 Å². The zero-order valence-corrected chi connectivity index (χ0v) is 11.2. The summed E-state index contributed by atoms with van der Waals surface area (Å²) in [5.74, 6) is 0.373. The molecule has 2 amide bonds. The lowest BCUT2D eigenvalue weighted by Gasteiger charge is -2.09. The van der Waals surface area contributed by atoms with Gasteiger partial charge in [0.2, 0.25) is 0 Å². The third-order valence-corrected chi connectivity index (χ3v) is 3.08. The van der Waals surface area contributed by atoms with Crippen LogP contribution in [-0.4, -0.2) is 11.7 Å². The fourth-order valence-corrected chi connectivity index (χ4v) is 2.18. The molecule has 5 nitrogen and oxygen atoms in total. The number of hydrogen-bond acceptors (Lipinski definition) is 3. The van der Waals surface area contributed by atoms with Gasteiger partial charge in [0.1, 0.15) is 0 Å². The van der Waals surface area contributed by atoms with Gasteiger partial charge in [-0.25, -0.2) is 9.79 Å². The number of aliphatic imine (C=N–C) groups is 1.